The van der Waals surface area contributed by atoms with Gasteiger partial charge in [0.15, 0.2) is 0 Å². The number of nitriles is 1. The van der Waals surface area contributed by atoms with E-state index in [2.05, 4.69) is 5.32 Å². The minimum atomic E-state index is -0.728. The predicted octanol–water partition coefficient (Wildman–Crippen LogP) is 2.62. The standard InChI is InChI=1S/C15H20N2O3/c1-15(2,3)20-14(18)17-13(9-16)11-19-10-12-7-5-4-6-8-12/h4-8,13H,10-11H2,1-3H3,(H,17,18). The van der Waals surface area contributed by atoms with Crippen molar-refractivity contribution in [1.82, 2.24) is 5.32 Å². The van der Waals surface area contributed by atoms with Crippen molar-refractivity contribution >= 4 is 6.09 Å². The number of rotatable bonds is 5. The van der Waals surface area contributed by atoms with E-state index in [1.165, 1.54) is 0 Å². The first-order chi connectivity index (χ1) is 9.40. The van der Waals surface area contributed by atoms with E-state index in [-0.39, 0.29) is 6.61 Å². The van der Waals surface area contributed by atoms with Crippen LogP contribution >= 0.6 is 0 Å². The highest BCUT2D eigenvalue weighted by Crippen LogP contribution is 2.07. The first-order valence-corrected chi connectivity index (χ1v) is 6.41. The molecule has 0 aliphatic carbocycles. The molecule has 108 valence electrons. The zero-order valence-electron chi connectivity index (χ0n) is 12.1. The Bertz CT molecular complexity index is 460. The second kappa shape index (κ2) is 7.51. The number of benzene rings is 1. The van der Waals surface area contributed by atoms with Gasteiger partial charge in [-0.05, 0) is 26.3 Å². The minimum Gasteiger partial charge on any atom is -0.444 e. The van der Waals surface area contributed by atoms with Gasteiger partial charge in [0.05, 0.1) is 19.3 Å². The van der Waals surface area contributed by atoms with Gasteiger partial charge in [-0.25, -0.2) is 4.79 Å². The number of amides is 1. The van der Waals surface area contributed by atoms with Crippen LogP contribution in [0.2, 0.25) is 0 Å². The molecule has 1 rings (SSSR count). The molecule has 0 heterocycles. The molecule has 20 heavy (non-hydrogen) atoms. The Balaban J connectivity index is 2.33. The highest BCUT2D eigenvalue weighted by Gasteiger charge is 2.19. The lowest BCUT2D eigenvalue weighted by Crippen LogP contribution is -2.40. The molecule has 1 aromatic rings. The molecular formula is C15H20N2O3. The number of nitrogens with one attached hydrogen (secondary N) is 1. The summed E-state index contributed by atoms with van der Waals surface area (Å²) >= 11 is 0. The van der Waals surface area contributed by atoms with Crippen molar-refractivity contribution in [2.24, 2.45) is 0 Å². The molecule has 1 unspecified atom stereocenters. The van der Waals surface area contributed by atoms with Crippen molar-refractivity contribution in [2.45, 2.75) is 39.0 Å². The molecule has 1 atom stereocenters. The molecular weight excluding hydrogens is 256 g/mol. The summed E-state index contributed by atoms with van der Waals surface area (Å²) in [5.41, 5.74) is 0.427. The van der Waals surface area contributed by atoms with Crippen LogP contribution in [0, 0.1) is 11.3 Å². The van der Waals surface area contributed by atoms with Crippen molar-refractivity contribution in [3.05, 3.63) is 35.9 Å². The Morgan fingerprint density at radius 3 is 2.55 bits per heavy atom. The van der Waals surface area contributed by atoms with Crippen LogP contribution in [0.3, 0.4) is 0 Å². The molecule has 1 aromatic carbocycles. The Morgan fingerprint density at radius 1 is 1.35 bits per heavy atom. The number of nitrogens with zero attached hydrogens (tertiary/aromatic N) is 1. The summed E-state index contributed by atoms with van der Waals surface area (Å²) in [5.74, 6) is 0. The SMILES string of the molecule is CC(C)(C)OC(=O)NC(C#N)COCc1ccccc1. The molecule has 0 aliphatic heterocycles. The Hall–Kier alpha value is -2.06. The summed E-state index contributed by atoms with van der Waals surface area (Å²) in [6.45, 7) is 5.80. The van der Waals surface area contributed by atoms with Gasteiger partial charge in [-0.3, -0.25) is 0 Å². The largest absolute Gasteiger partial charge is 0.444 e. The summed E-state index contributed by atoms with van der Waals surface area (Å²) < 4.78 is 10.5. The molecule has 0 aromatic heterocycles. The van der Waals surface area contributed by atoms with Gasteiger partial charge in [-0.15, -0.1) is 0 Å². The van der Waals surface area contributed by atoms with Gasteiger partial charge in [0.2, 0.25) is 0 Å². The van der Waals surface area contributed by atoms with Crippen molar-refractivity contribution in [3.8, 4) is 6.07 Å². The molecule has 5 nitrogen and oxygen atoms in total. The van der Waals surface area contributed by atoms with Crippen molar-refractivity contribution < 1.29 is 14.3 Å². The molecule has 0 radical (unpaired) electrons. The number of carbonyl (C=O) groups is 1. The van der Waals surface area contributed by atoms with Crippen LogP contribution < -0.4 is 5.32 Å². The summed E-state index contributed by atoms with van der Waals surface area (Å²) in [7, 11) is 0. The van der Waals surface area contributed by atoms with Crippen LogP contribution in [0.1, 0.15) is 26.3 Å². The lowest BCUT2D eigenvalue weighted by molar-refractivity contribution is 0.0462. The molecule has 0 saturated heterocycles. The number of hydrogen-bond donors (Lipinski definition) is 1. The normalized spacial score (nSPS) is 12.3. The monoisotopic (exact) mass is 276 g/mol. The van der Waals surface area contributed by atoms with Crippen molar-refractivity contribution in [1.29, 1.82) is 5.26 Å². The third-order valence-electron chi connectivity index (χ3n) is 2.24. The van der Waals surface area contributed by atoms with Gasteiger partial charge in [0, 0.05) is 0 Å². The number of hydrogen-bond acceptors (Lipinski definition) is 4. The zero-order valence-corrected chi connectivity index (χ0v) is 12.1. The highest BCUT2D eigenvalue weighted by molar-refractivity contribution is 5.68. The second-order valence-electron chi connectivity index (χ2n) is 5.33. The van der Waals surface area contributed by atoms with Crippen LogP contribution in [-0.2, 0) is 16.1 Å². The lowest BCUT2D eigenvalue weighted by Gasteiger charge is -2.21. The molecule has 5 heteroatoms. The maximum absolute atomic E-state index is 11.5. The van der Waals surface area contributed by atoms with E-state index in [1.807, 2.05) is 36.4 Å². The maximum Gasteiger partial charge on any atom is 0.408 e. The summed E-state index contributed by atoms with van der Waals surface area (Å²) in [6.07, 6.45) is -0.618. The van der Waals surface area contributed by atoms with Gasteiger partial charge < -0.3 is 14.8 Å². The summed E-state index contributed by atoms with van der Waals surface area (Å²) in [4.78, 5) is 11.5. The third-order valence-corrected chi connectivity index (χ3v) is 2.24. The number of ether oxygens (including phenoxy) is 2. The van der Waals surface area contributed by atoms with E-state index in [0.29, 0.717) is 6.61 Å². The molecule has 0 spiro atoms. The molecule has 0 fully saturated rings. The number of alkyl carbamates (subject to hydrolysis) is 1. The number of carbonyl (C=O) groups excluding carboxylic acids is 1. The third kappa shape index (κ3) is 6.76. The van der Waals surface area contributed by atoms with E-state index >= 15 is 0 Å². The Morgan fingerprint density at radius 2 is 2.00 bits per heavy atom. The topological polar surface area (TPSA) is 71.3 Å². The fourth-order valence-electron chi connectivity index (χ4n) is 1.43. The molecule has 0 saturated carbocycles. The van der Waals surface area contributed by atoms with E-state index < -0.39 is 17.7 Å². The van der Waals surface area contributed by atoms with Crippen LogP contribution in [0.15, 0.2) is 30.3 Å². The fraction of sp³-hybridized carbons (Fsp3) is 0.467. The van der Waals surface area contributed by atoms with Crippen LogP contribution in [0.5, 0.6) is 0 Å². The zero-order chi connectivity index (χ0) is 15.0. The van der Waals surface area contributed by atoms with Gasteiger partial charge in [0.25, 0.3) is 0 Å². The van der Waals surface area contributed by atoms with Crippen molar-refractivity contribution in [2.75, 3.05) is 6.61 Å². The van der Waals surface area contributed by atoms with Gasteiger partial charge in [0.1, 0.15) is 11.6 Å². The Labute approximate surface area is 119 Å². The molecule has 0 aliphatic rings. The van der Waals surface area contributed by atoms with E-state index in [1.54, 1.807) is 20.8 Å². The average Bonchev–Trinajstić information content (AvgIpc) is 2.36. The van der Waals surface area contributed by atoms with E-state index in [9.17, 15) is 4.79 Å². The highest BCUT2D eigenvalue weighted by atomic mass is 16.6. The van der Waals surface area contributed by atoms with Gasteiger partial charge in [-0.1, -0.05) is 30.3 Å². The van der Waals surface area contributed by atoms with Crippen molar-refractivity contribution in [3.63, 3.8) is 0 Å². The van der Waals surface area contributed by atoms with Gasteiger partial charge >= 0.3 is 6.09 Å². The smallest absolute Gasteiger partial charge is 0.408 e. The molecule has 1 amide bonds. The second-order valence-corrected chi connectivity index (χ2v) is 5.33. The van der Waals surface area contributed by atoms with Gasteiger partial charge in [-0.2, -0.15) is 5.26 Å². The first kappa shape index (κ1) is 16.0. The van der Waals surface area contributed by atoms with Crippen LogP contribution in [0.4, 0.5) is 4.79 Å². The van der Waals surface area contributed by atoms with Crippen LogP contribution in [0.25, 0.3) is 0 Å². The van der Waals surface area contributed by atoms with E-state index in [4.69, 9.17) is 14.7 Å². The first-order valence-electron chi connectivity index (χ1n) is 6.41. The quantitative estimate of drug-likeness (QED) is 0.897. The average molecular weight is 276 g/mol. The summed E-state index contributed by atoms with van der Waals surface area (Å²) in [5, 5.41) is 11.4. The predicted molar refractivity (Wildman–Crippen MR) is 74.9 cm³/mol. The molecule has 1 N–H and O–H groups in total. The summed E-state index contributed by atoms with van der Waals surface area (Å²) in [6, 6.07) is 10.9. The van der Waals surface area contributed by atoms with Crippen LogP contribution in [-0.4, -0.2) is 24.3 Å². The van der Waals surface area contributed by atoms with E-state index in [0.717, 1.165) is 5.56 Å². The minimum absolute atomic E-state index is 0.116. The maximum atomic E-state index is 11.5. The molecule has 0 bridgehead atoms. The fourth-order valence-corrected chi connectivity index (χ4v) is 1.43. The Kier molecular flexibility index (Phi) is 6.01. The lowest BCUT2D eigenvalue weighted by atomic mass is 10.2.